The van der Waals surface area contributed by atoms with Crippen LogP contribution in [0.5, 0.6) is 0 Å². The molecule has 0 bridgehead atoms. The first-order chi connectivity index (χ1) is 11.7. The minimum Gasteiger partial charge on any atom is -0.465 e. The smallest absolute Gasteiger partial charge is 0.337 e. The van der Waals surface area contributed by atoms with E-state index in [1.807, 2.05) is 18.2 Å². The number of carbonyl (C=O) groups is 1. The maximum atomic E-state index is 11.5. The minimum absolute atomic E-state index is 0.313. The Labute approximate surface area is 146 Å². The van der Waals surface area contributed by atoms with Gasteiger partial charge in [-0.25, -0.2) is 4.79 Å². The first-order valence-electron chi connectivity index (χ1n) is 7.69. The summed E-state index contributed by atoms with van der Waals surface area (Å²) in [5.74, 6) is -0.313. The number of esters is 1. The lowest BCUT2D eigenvalue weighted by Crippen LogP contribution is -2.00. The van der Waals surface area contributed by atoms with Crippen LogP contribution in [0.4, 0.5) is 0 Å². The van der Waals surface area contributed by atoms with E-state index in [0.717, 1.165) is 4.90 Å². The Morgan fingerprint density at radius 2 is 1.62 bits per heavy atom. The first kappa shape index (κ1) is 16.3. The quantitative estimate of drug-likeness (QED) is 0.581. The Balaban J connectivity index is 1.92. The molecule has 0 atom stereocenters. The fourth-order valence-corrected chi connectivity index (χ4v) is 3.43. The Bertz CT molecular complexity index is 839. The van der Waals surface area contributed by atoms with Crippen molar-refractivity contribution in [1.82, 2.24) is 0 Å². The van der Waals surface area contributed by atoms with Crippen molar-refractivity contribution in [1.29, 1.82) is 0 Å². The van der Waals surface area contributed by atoms with E-state index in [2.05, 4.69) is 49.4 Å². The summed E-state index contributed by atoms with van der Waals surface area (Å²) < 4.78 is 4.74. The van der Waals surface area contributed by atoms with Crippen molar-refractivity contribution in [2.45, 2.75) is 16.7 Å². The lowest BCUT2D eigenvalue weighted by molar-refractivity contribution is 0.0600. The van der Waals surface area contributed by atoms with Gasteiger partial charge in [0.25, 0.3) is 0 Å². The van der Waals surface area contributed by atoms with Crippen LogP contribution < -0.4 is 0 Å². The lowest BCUT2D eigenvalue weighted by atomic mass is 10.0. The number of rotatable bonds is 4. The van der Waals surface area contributed by atoms with E-state index in [-0.39, 0.29) is 5.97 Å². The number of hydrogen-bond donors (Lipinski definition) is 0. The summed E-state index contributed by atoms with van der Waals surface area (Å²) in [6.07, 6.45) is 0. The first-order valence-corrected chi connectivity index (χ1v) is 8.51. The molecule has 0 amide bonds. The molecule has 0 unspecified atom stereocenters. The monoisotopic (exact) mass is 334 g/mol. The van der Waals surface area contributed by atoms with Gasteiger partial charge in [-0.3, -0.25) is 0 Å². The van der Waals surface area contributed by atoms with Gasteiger partial charge in [-0.05, 0) is 48.4 Å². The Hall–Kier alpha value is -2.52. The van der Waals surface area contributed by atoms with Crippen molar-refractivity contribution in [3.05, 3.63) is 83.9 Å². The summed E-state index contributed by atoms with van der Waals surface area (Å²) in [6, 6.07) is 24.4. The summed E-state index contributed by atoms with van der Waals surface area (Å²) in [6.45, 7) is 2.10. The van der Waals surface area contributed by atoms with Gasteiger partial charge in [-0.15, -0.1) is 0 Å². The molecular weight excluding hydrogens is 316 g/mol. The fourth-order valence-electron chi connectivity index (χ4n) is 2.48. The van der Waals surface area contributed by atoms with E-state index in [1.54, 1.807) is 23.9 Å². The highest BCUT2D eigenvalue weighted by Crippen LogP contribution is 2.36. The zero-order valence-corrected chi connectivity index (χ0v) is 14.5. The van der Waals surface area contributed by atoms with Crippen LogP contribution >= 0.6 is 11.8 Å². The summed E-state index contributed by atoms with van der Waals surface area (Å²) in [5, 5.41) is 0. The van der Waals surface area contributed by atoms with Gasteiger partial charge in [0.1, 0.15) is 0 Å². The van der Waals surface area contributed by atoms with Crippen molar-refractivity contribution in [2.75, 3.05) is 7.11 Å². The predicted molar refractivity (Wildman–Crippen MR) is 98.5 cm³/mol. The second-order valence-corrected chi connectivity index (χ2v) is 6.60. The molecule has 3 heteroatoms. The summed E-state index contributed by atoms with van der Waals surface area (Å²) in [5.41, 5.74) is 4.22. The predicted octanol–water partition coefficient (Wildman–Crippen LogP) is 5.60. The number of carbonyl (C=O) groups excluding carboxylic acids is 1. The van der Waals surface area contributed by atoms with Crippen molar-refractivity contribution >= 4 is 17.7 Å². The van der Waals surface area contributed by atoms with Gasteiger partial charge in [-0.1, -0.05) is 59.8 Å². The molecule has 0 aliphatic rings. The molecule has 0 saturated heterocycles. The Morgan fingerprint density at radius 1 is 0.917 bits per heavy atom. The molecule has 120 valence electrons. The highest BCUT2D eigenvalue weighted by atomic mass is 32.2. The molecule has 0 spiro atoms. The Morgan fingerprint density at radius 3 is 2.29 bits per heavy atom. The van der Waals surface area contributed by atoms with Gasteiger partial charge in [-0.2, -0.15) is 0 Å². The van der Waals surface area contributed by atoms with Gasteiger partial charge >= 0.3 is 5.97 Å². The van der Waals surface area contributed by atoms with Crippen LogP contribution in [0.2, 0.25) is 0 Å². The van der Waals surface area contributed by atoms with Gasteiger partial charge in [0.2, 0.25) is 0 Å². The average molecular weight is 334 g/mol. The number of hydrogen-bond acceptors (Lipinski definition) is 3. The zero-order chi connectivity index (χ0) is 16.9. The molecule has 0 aromatic heterocycles. The van der Waals surface area contributed by atoms with E-state index < -0.39 is 0 Å². The van der Waals surface area contributed by atoms with Crippen molar-refractivity contribution in [3.8, 4) is 11.1 Å². The molecule has 0 radical (unpaired) electrons. The van der Waals surface area contributed by atoms with E-state index in [0.29, 0.717) is 5.56 Å². The molecule has 3 rings (SSSR count). The number of ether oxygens (including phenoxy) is 1. The summed E-state index contributed by atoms with van der Waals surface area (Å²) >= 11 is 1.69. The van der Waals surface area contributed by atoms with Crippen molar-refractivity contribution in [2.24, 2.45) is 0 Å². The number of aryl methyl sites for hydroxylation is 1. The van der Waals surface area contributed by atoms with E-state index in [1.165, 1.54) is 28.7 Å². The van der Waals surface area contributed by atoms with E-state index >= 15 is 0 Å². The van der Waals surface area contributed by atoms with Crippen LogP contribution in [0.1, 0.15) is 15.9 Å². The van der Waals surface area contributed by atoms with Gasteiger partial charge in [0, 0.05) is 9.79 Å². The molecule has 0 N–H and O–H groups in total. The molecule has 0 saturated carbocycles. The average Bonchev–Trinajstić information content (AvgIpc) is 2.64. The third kappa shape index (κ3) is 3.69. The number of methoxy groups -OCH3 is 1. The minimum atomic E-state index is -0.313. The SMILES string of the molecule is COC(=O)c1ccc(Sc2ccc(C)cc2-c2ccccc2)cc1. The summed E-state index contributed by atoms with van der Waals surface area (Å²) in [7, 11) is 1.39. The van der Waals surface area contributed by atoms with Crippen molar-refractivity contribution in [3.63, 3.8) is 0 Å². The third-order valence-electron chi connectivity index (χ3n) is 3.72. The number of benzene rings is 3. The van der Waals surface area contributed by atoms with Crippen LogP contribution in [0.3, 0.4) is 0 Å². The normalized spacial score (nSPS) is 10.4. The third-order valence-corrected chi connectivity index (χ3v) is 4.81. The molecular formula is C21H18O2S. The molecule has 0 aliphatic carbocycles. The second kappa shape index (κ2) is 7.37. The lowest BCUT2D eigenvalue weighted by Gasteiger charge is -2.11. The van der Waals surface area contributed by atoms with Gasteiger partial charge in [0.15, 0.2) is 0 Å². The molecule has 0 aliphatic heterocycles. The maximum Gasteiger partial charge on any atom is 0.337 e. The standard InChI is InChI=1S/C21H18O2S/c1-15-8-13-20(19(14-15)16-6-4-3-5-7-16)24-18-11-9-17(10-12-18)21(22)23-2/h3-14H,1-2H3. The van der Waals surface area contributed by atoms with E-state index in [4.69, 9.17) is 4.74 Å². The summed E-state index contributed by atoms with van der Waals surface area (Å²) in [4.78, 5) is 13.8. The van der Waals surface area contributed by atoms with Crippen LogP contribution in [-0.4, -0.2) is 13.1 Å². The molecule has 3 aromatic rings. The molecule has 24 heavy (non-hydrogen) atoms. The zero-order valence-electron chi connectivity index (χ0n) is 13.7. The van der Waals surface area contributed by atoms with Gasteiger partial charge < -0.3 is 4.74 Å². The van der Waals surface area contributed by atoms with Crippen molar-refractivity contribution < 1.29 is 9.53 Å². The Kier molecular flexibility index (Phi) is 5.02. The van der Waals surface area contributed by atoms with Crippen LogP contribution in [0.15, 0.2) is 82.6 Å². The maximum absolute atomic E-state index is 11.5. The molecule has 2 nitrogen and oxygen atoms in total. The fraction of sp³-hybridized carbons (Fsp3) is 0.0952. The van der Waals surface area contributed by atoms with Crippen LogP contribution in [-0.2, 0) is 4.74 Å². The van der Waals surface area contributed by atoms with Crippen LogP contribution in [0.25, 0.3) is 11.1 Å². The molecule has 0 heterocycles. The second-order valence-electron chi connectivity index (χ2n) is 5.48. The largest absolute Gasteiger partial charge is 0.465 e. The molecule has 3 aromatic carbocycles. The van der Waals surface area contributed by atoms with Crippen LogP contribution in [0, 0.1) is 6.92 Å². The van der Waals surface area contributed by atoms with E-state index in [9.17, 15) is 4.79 Å². The molecule has 0 fully saturated rings. The van der Waals surface area contributed by atoms with Gasteiger partial charge in [0.05, 0.1) is 12.7 Å². The highest BCUT2D eigenvalue weighted by Gasteiger charge is 2.09. The topological polar surface area (TPSA) is 26.3 Å². The highest BCUT2D eigenvalue weighted by molar-refractivity contribution is 7.99.